The monoisotopic (exact) mass is 389 g/mol. The summed E-state index contributed by atoms with van der Waals surface area (Å²) in [5.74, 6) is -1.21. The number of carboxylic acids is 1. The molecule has 0 fully saturated rings. The molecule has 1 heterocycles. The number of carbonyl (C=O) groups is 1. The highest BCUT2D eigenvalue weighted by molar-refractivity contribution is 9.10. The predicted molar refractivity (Wildman–Crippen MR) is 85.4 cm³/mol. The second kappa shape index (κ2) is 6.17. The van der Waals surface area contributed by atoms with Gasteiger partial charge in [-0.25, -0.2) is 8.42 Å². The fraction of sp³-hybridized carbons (Fsp3) is 0.154. The van der Waals surface area contributed by atoms with Gasteiger partial charge in [0.25, 0.3) is 10.0 Å². The number of anilines is 1. The molecule has 8 heteroatoms. The van der Waals surface area contributed by atoms with Crippen molar-refractivity contribution in [3.05, 3.63) is 45.7 Å². The number of carboxylic acid groups (broad SMARTS) is 1. The van der Waals surface area contributed by atoms with Gasteiger partial charge in [-0.1, -0.05) is 22.0 Å². The maximum absolute atomic E-state index is 12.6. The van der Waals surface area contributed by atoms with Gasteiger partial charge in [-0.3, -0.25) is 9.10 Å². The Labute approximate surface area is 135 Å². The van der Waals surface area contributed by atoms with Gasteiger partial charge in [0.15, 0.2) is 0 Å². The molecule has 0 saturated carbocycles. The summed E-state index contributed by atoms with van der Waals surface area (Å²) in [6.45, 7) is 1.19. The molecule has 0 aliphatic carbocycles. The molecule has 5 nitrogen and oxygen atoms in total. The largest absolute Gasteiger partial charge is 0.480 e. The number of nitrogens with zero attached hydrogens (tertiary/aromatic N) is 1. The summed E-state index contributed by atoms with van der Waals surface area (Å²) < 4.78 is 27.0. The highest BCUT2D eigenvalue weighted by Crippen LogP contribution is 2.29. The van der Waals surface area contributed by atoms with E-state index >= 15 is 0 Å². The first-order chi connectivity index (χ1) is 9.82. The minimum atomic E-state index is -3.88. The fourth-order valence-electron chi connectivity index (χ4n) is 1.74. The lowest BCUT2D eigenvalue weighted by Crippen LogP contribution is -2.35. The van der Waals surface area contributed by atoms with Gasteiger partial charge in [-0.05, 0) is 42.1 Å². The fourth-order valence-corrected chi connectivity index (χ4v) is 4.50. The lowest BCUT2D eigenvalue weighted by molar-refractivity contribution is -0.135. The van der Waals surface area contributed by atoms with Crippen LogP contribution in [0.2, 0.25) is 0 Å². The van der Waals surface area contributed by atoms with E-state index in [4.69, 9.17) is 5.11 Å². The van der Waals surface area contributed by atoms with Crippen molar-refractivity contribution in [2.75, 3.05) is 10.8 Å². The summed E-state index contributed by atoms with van der Waals surface area (Å²) in [6, 6.07) is 7.98. The molecule has 21 heavy (non-hydrogen) atoms. The van der Waals surface area contributed by atoms with Gasteiger partial charge >= 0.3 is 5.97 Å². The zero-order valence-corrected chi connectivity index (χ0v) is 14.2. The van der Waals surface area contributed by atoms with Crippen molar-refractivity contribution in [3.8, 4) is 0 Å². The van der Waals surface area contributed by atoms with E-state index in [9.17, 15) is 13.2 Å². The van der Waals surface area contributed by atoms with Crippen molar-refractivity contribution >= 4 is 48.9 Å². The zero-order chi connectivity index (χ0) is 15.6. The Morgan fingerprint density at radius 2 is 2.10 bits per heavy atom. The van der Waals surface area contributed by atoms with Crippen LogP contribution in [-0.4, -0.2) is 26.0 Å². The summed E-state index contributed by atoms with van der Waals surface area (Å²) in [4.78, 5) is 11.0. The maximum Gasteiger partial charge on any atom is 0.324 e. The minimum Gasteiger partial charge on any atom is -0.480 e. The van der Waals surface area contributed by atoms with Crippen LogP contribution in [0.5, 0.6) is 0 Å². The average Bonchev–Trinajstić information content (AvgIpc) is 2.93. The van der Waals surface area contributed by atoms with Crippen LogP contribution >= 0.6 is 27.3 Å². The Kier molecular flexibility index (Phi) is 4.70. The van der Waals surface area contributed by atoms with Gasteiger partial charge in [0.1, 0.15) is 10.8 Å². The molecule has 1 aromatic carbocycles. The summed E-state index contributed by atoms with van der Waals surface area (Å²) >= 11 is 4.39. The van der Waals surface area contributed by atoms with Crippen molar-refractivity contribution < 1.29 is 18.3 Å². The first-order valence-corrected chi connectivity index (χ1v) is 8.98. The number of aryl methyl sites for hydroxylation is 1. The topological polar surface area (TPSA) is 74.7 Å². The van der Waals surface area contributed by atoms with Crippen LogP contribution in [0.15, 0.2) is 44.4 Å². The summed E-state index contributed by atoms with van der Waals surface area (Å²) in [6.07, 6.45) is 0. The second-order valence-corrected chi connectivity index (χ2v) is 8.16. The lowest BCUT2D eigenvalue weighted by atomic mass is 10.2. The SMILES string of the molecule is Cc1cc(N(CC(=O)O)S(=O)(=O)c2cccs2)ccc1Br. The predicted octanol–water partition coefficient (Wildman–Crippen LogP) is 3.10. The molecule has 0 aliphatic heterocycles. The van der Waals surface area contributed by atoms with Gasteiger partial charge < -0.3 is 5.11 Å². The van der Waals surface area contributed by atoms with E-state index in [-0.39, 0.29) is 4.21 Å². The van der Waals surface area contributed by atoms with Gasteiger partial charge in [0.2, 0.25) is 0 Å². The number of benzene rings is 1. The Morgan fingerprint density at radius 3 is 2.62 bits per heavy atom. The second-order valence-electron chi connectivity index (χ2n) is 4.27. The van der Waals surface area contributed by atoms with E-state index in [1.165, 1.54) is 6.07 Å². The minimum absolute atomic E-state index is 0.115. The normalized spacial score (nSPS) is 11.3. The van der Waals surface area contributed by atoms with Gasteiger partial charge in [-0.15, -0.1) is 11.3 Å². The number of thiophene rings is 1. The van der Waals surface area contributed by atoms with Crippen LogP contribution in [0.4, 0.5) is 5.69 Å². The molecule has 0 bridgehead atoms. The first kappa shape index (κ1) is 16.0. The molecular formula is C13H12BrNO4S2. The number of hydrogen-bond acceptors (Lipinski definition) is 4. The Morgan fingerprint density at radius 1 is 1.38 bits per heavy atom. The van der Waals surface area contributed by atoms with Gasteiger partial charge in [-0.2, -0.15) is 0 Å². The molecule has 2 aromatic rings. The third-order valence-corrected chi connectivity index (χ3v) is 6.78. The van der Waals surface area contributed by atoms with E-state index in [2.05, 4.69) is 15.9 Å². The molecule has 0 atom stereocenters. The van der Waals surface area contributed by atoms with Crippen molar-refractivity contribution in [2.45, 2.75) is 11.1 Å². The molecule has 0 aliphatic rings. The summed E-state index contributed by atoms with van der Waals surface area (Å²) in [5.41, 5.74) is 1.15. The third-order valence-electron chi connectivity index (χ3n) is 2.75. The molecule has 1 N–H and O–H groups in total. The quantitative estimate of drug-likeness (QED) is 0.852. The van der Waals surface area contributed by atoms with E-state index in [0.717, 1.165) is 25.7 Å². The molecule has 0 amide bonds. The maximum atomic E-state index is 12.6. The third kappa shape index (κ3) is 3.45. The number of aliphatic carboxylic acids is 1. The van der Waals surface area contributed by atoms with Crippen LogP contribution in [0.1, 0.15) is 5.56 Å². The van der Waals surface area contributed by atoms with Crippen LogP contribution < -0.4 is 4.31 Å². The first-order valence-electron chi connectivity index (χ1n) is 5.86. The van der Waals surface area contributed by atoms with Crippen molar-refractivity contribution in [3.63, 3.8) is 0 Å². The molecule has 112 valence electrons. The number of hydrogen-bond donors (Lipinski definition) is 1. The summed E-state index contributed by atoms with van der Waals surface area (Å²) in [5, 5.41) is 10.7. The van der Waals surface area contributed by atoms with E-state index in [1.807, 2.05) is 6.92 Å². The molecule has 0 spiro atoms. The average molecular weight is 390 g/mol. The smallest absolute Gasteiger partial charge is 0.324 e. The van der Waals surface area contributed by atoms with Crippen molar-refractivity contribution in [1.82, 2.24) is 0 Å². The van der Waals surface area contributed by atoms with Crippen LogP contribution in [-0.2, 0) is 14.8 Å². The molecule has 0 saturated heterocycles. The van der Waals surface area contributed by atoms with E-state index < -0.39 is 22.5 Å². The molecule has 2 rings (SSSR count). The number of rotatable bonds is 5. The Hall–Kier alpha value is -1.38. The zero-order valence-electron chi connectivity index (χ0n) is 11.0. The van der Waals surface area contributed by atoms with E-state index in [0.29, 0.717) is 5.69 Å². The highest BCUT2D eigenvalue weighted by atomic mass is 79.9. The number of sulfonamides is 1. The molecule has 0 radical (unpaired) electrons. The molecular weight excluding hydrogens is 378 g/mol. The highest BCUT2D eigenvalue weighted by Gasteiger charge is 2.28. The Bertz CT molecular complexity index is 756. The molecule has 1 aromatic heterocycles. The van der Waals surface area contributed by atoms with Crippen LogP contribution in [0, 0.1) is 6.92 Å². The van der Waals surface area contributed by atoms with Crippen molar-refractivity contribution in [1.29, 1.82) is 0 Å². The van der Waals surface area contributed by atoms with Crippen LogP contribution in [0.3, 0.4) is 0 Å². The standard InChI is InChI=1S/C13H12BrNO4S2/c1-9-7-10(4-5-11(9)14)15(8-12(16)17)21(18,19)13-3-2-6-20-13/h2-7H,8H2,1H3,(H,16,17). The Balaban J connectivity index is 2.53. The lowest BCUT2D eigenvalue weighted by Gasteiger charge is -2.22. The van der Waals surface area contributed by atoms with Crippen molar-refractivity contribution in [2.24, 2.45) is 0 Å². The number of halogens is 1. The van der Waals surface area contributed by atoms with Crippen LogP contribution in [0.25, 0.3) is 0 Å². The summed E-state index contributed by atoms with van der Waals surface area (Å²) in [7, 11) is -3.88. The van der Waals surface area contributed by atoms with Gasteiger partial charge in [0, 0.05) is 4.47 Å². The molecule has 0 unspecified atom stereocenters. The van der Waals surface area contributed by atoms with Gasteiger partial charge in [0.05, 0.1) is 5.69 Å². The van der Waals surface area contributed by atoms with E-state index in [1.54, 1.807) is 29.6 Å².